The zero-order valence-electron chi connectivity index (χ0n) is 11.2. The molecule has 0 saturated heterocycles. The van der Waals surface area contributed by atoms with Gasteiger partial charge in [0.2, 0.25) is 0 Å². The minimum absolute atomic E-state index is 0.330. The number of methoxy groups -OCH3 is 1. The summed E-state index contributed by atoms with van der Waals surface area (Å²) in [5.41, 5.74) is 1.89. The highest BCUT2D eigenvalue weighted by atomic mass is 19.1. The average Bonchev–Trinajstić information content (AvgIpc) is 2.49. The molecule has 0 aliphatic heterocycles. The third-order valence-electron chi connectivity index (χ3n) is 3.01. The van der Waals surface area contributed by atoms with Crippen LogP contribution in [0.5, 0.6) is 5.75 Å². The summed E-state index contributed by atoms with van der Waals surface area (Å²) >= 11 is 0. The number of nitrogens with zero attached hydrogens (tertiary/aromatic N) is 1. The molecule has 0 fully saturated rings. The molecule has 3 nitrogen and oxygen atoms in total. The van der Waals surface area contributed by atoms with Crippen LogP contribution in [0.1, 0.15) is 16.7 Å². The first-order valence-electron chi connectivity index (χ1n) is 6.25. The van der Waals surface area contributed by atoms with Crippen molar-refractivity contribution in [1.82, 2.24) is 5.32 Å². The Bertz CT molecular complexity index is 635. The number of nitriles is 1. The summed E-state index contributed by atoms with van der Waals surface area (Å²) in [5, 5.41) is 11.9. The minimum Gasteiger partial charge on any atom is -0.496 e. The first-order chi connectivity index (χ1) is 9.74. The number of ether oxygens (including phenoxy) is 1. The van der Waals surface area contributed by atoms with E-state index < -0.39 is 0 Å². The highest BCUT2D eigenvalue weighted by molar-refractivity contribution is 5.34. The van der Waals surface area contributed by atoms with Crippen molar-refractivity contribution in [3.05, 3.63) is 65.0 Å². The highest BCUT2D eigenvalue weighted by Crippen LogP contribution is 2.17. The summed E-state index contributed by atoms with van der Waals surface area (Å²) in [4.78, 5) is 0. The first kappa shape index (κ1) is 14.0. The maximum absolute atomic E-state index is 13.7. The quantitative estimate of drug-likeness (QED) is 0.908. The molecule has 0 unspecified atom stereocenters. The normalized spacial score (nSPS) is 10.1. The van der Waals surface area contributed by atoms with Gasteiger partial charge in [-0.05, 0) is 18.2 Å². The van der Waals surface area contributed by atoms with Gasteiger partial charge < -0.3 is 10.1 Å². The molecule has 0 aromatic heterocycles. The molecule has 0 atom stereocenters. The van der Waals surface area contributed by atoms with Gasteiger partial charge in [-0.3, -0.25) is 0 Å². The Balaban J connectivity index is 1.98. The van der Waals surface area contributed by atoms with E-state index in [0.717, 1.165) is 11.3 Å². The molecule has 1 N–H and O–H groups in total. The zero-order valence-corrected chi connectivity index (χ0v) is 11.2. The Kier molecular flexibility index (Phi) is 4.70. The number of hydrogen-bond acceptors (Lipinski definition) is 3. The van der Waals surface area contributed by atoms with Gasteiger partial charge in [-0.2, -0.15) is 5.26 Å². The molecule has 0 radical (unpaired) electrons. The molecular formula is C16H15FN2O. The van der Waals surface area contributed by atoms with E-state index >= 15 is 0 Å². The fourth-order valence-corrected chi connectivity index (χ4v) is 1.94. The smallest absolute Gasteiger partial charge is 0.129 e. The van der Waals surface area contributed by atoms with E-state index in [1.807, 2.05) is 30.3 Å². The van der Waals surface area contributed by atoms with Crippen LogP contribution < -0.4 is 10.1 Å². The predicted octanol–water partition coefficient (Wildman–Crippen LogP) is 3.00. The summed E-state index contributed by atoms with van der Waals surface area (Å²) in [6.45, 7) is 0.985. The lowest BCUT2D eigenvalue weighted by Gasteiger charge is -2.10. The molecule has 0 amide bonds. The van der Waals surface area contributed by atoms with Crippen LogP contribution in [0.3, 0.4) is 0 Å². The number of benzene rings is 2. The molecule has 0 saturated carbocycles. The molecule has 0 heterocycles. The number of hydrogen-bond donors (Lipinski definition) is 1. The molecule has 2 aromatic rings. The van der Waals surface area contributed by atoms with Crippen LogP contribution in [0.25, 0.3) is 0 Å². The van der Waals surface area contributed by atoms with Gasteiger partial charge in [-0.25, -0.2) is 4.39 Å². The van der Waals surface area contributed by atoms with Gasteiger partial charge in [0.15, 0.2) is 0 Å². The van der Waals surface area contributed by atoms with Gasteiger partial charge in [0, 0.05) is 24.2 Å². The van der Waals surface area contributed by atoms with Crippen molar-refractivity contribution < 1.29 is 9.13 Å². The molecule has 2 aromatic carbocycles. The monoisotopic (exact) mass is 270 g/mol. The lowest BCUT2D eigenvalue weighted by atomic mass is 10.1. The second kappa shape index (κ2) is 6.69. The standard InChI is InChI=1S/C16H15FN2O/c1-20-16-5-3-2-4-14(16)11-19-10-13-7-6-12(9-18)8-15(13)17/h2-8,19H,10-11H2,1H3. The minimum atomic E-state index is -0.364. The van der Waals surface area contributed by atoms with Crippen LogP contribution in [0.2, 0.25) is 0 Å². The van der Waals surface area contributed by atoms with Crippen LogP contribution in [-0.4, -0.2) is 7.11 Å². The summed E-state index contributed by atoms with van der Waals surface area (Å²) in [5.74, 6) is 0.442. The van der Waals surface area contributed by atoms with Crippen molar-refractivity contribution in [3.63, 3.8) is 0 Å². The van der Waals surface area contributed by atoms with E-state index in [1.165, 1.54) is 6.07 Å². The van der Waals surface area contributed by atoms with E-state index in [0.29, 0.717) is 24.2 Å². The van der Waals surface area contributed by atoms with Gasteiger partial charge >= 0.3 is 0 Å². The van der Waals surface area contributed by atoms with Crippen molar-refractivity contribution in [3.8, 4) is 11.8 Å². The van der Waals surface area contributed by atoms with Gasteiger partial charge in [0.1, 0.15) is 11.6 Å². The predicted molar refractivity (Wildman–Crippen MR) is 74.7 cm³/mol. The molecule has 102 valence electrons. The Morgan fingerprint density at radius 3 is 2.60 bits per heavy atom. The third kappa shape index (κ3) is 3.34. The molecule has 2 rings (SSSR count). The van der Waals surface area contributed by atoms with E-state index in [2.05, 4.69) is 5.32 Å². The van der Waals surface area contributed by atoms with E-state index in [-0.39, 0.29) is 5.82 Å². The third-order valence-corrected chi connectivity index (χ3v) is 3.01. The Morgan fingerprint density at radius 2 is 1.90 bits per heavy atom. The van der Waals surface area contributed by atoms with Gasteiger partial charge in [0.05, 0.1) is 18.7 Å². The van der Waals surface area contributed by atoms with E-state index in [9.17, 15) is 4.39 Å². The van der Waals surface area contributed by atoms with Crippen LogP contribution >= 0.6 is 0 Å². The van der Waals surface area contributed by atoms with Gasteiger partial charge in [-0.15, -0.1) is 0 Å². The SMILES string of the molecule is COc1ccccc1CNCc1ccc(C#N)cc1F. The number of nitrogens with one attached hydrogen (secondary N) is 1. The Labute approximate surface area is 117 Å². The molecule has 0 aliphatic carbocycles. The second-order valence-electron chi connectivity index (χ2n) is 4.33. The molecular weight excluding hydrogens is 255 g/mol. The van der Waals surface area contributed by atoms with Crippen LogP contribution in [0.15, 0.2) is 42.5 Å². The van der Waals surface area contributed by atoms with Gasteiger partial charge in [-0.1, -0.05) is 24.3 Å². The second-order valence-corrected chi connectivity index (χ2v) is 4.33. The molecule has 0 bridgehead atoms. The lowest BCUT2D eigenvalue weighted by molar-refractivity contribution is 0.407. The summed E-state index contributed by atoms with van der Waals surface area (Å²) < 4.78 is 18.9. The first-order valence-corrected chi connectivity index (χ1v) is 6.25. The summed E-state index contributed by atoms with van der Waals surface area (Å²) in [6.07, 6.45) is 0. The molecule has 0 spiro atoms. The van der Waals surface area contributed by atoms with Crippen molar-refractivity contribution in [2.24, 2.45) is 0 Å². The molecule has 0 aliphatic rings. The van der Waals surface area contributed by atoms with Crippen molar-refractivity contribution in [1.29, 1.82) is 5.26 Å². The van der Waals surface area contributed by atoms with Crippen molar-refractivity contribution in [2.75, 3.05) is 7.11 Å². The fraction of sp³-hybridized carbons (Fsp3) is 0.188. The maximum Gasteiger partial charge on any atom is 0.129 e. The summed E-state index contributed by atoms with van der Waals surface area (Å²) in [7, 11) is 1.62. The van der Waals surface area contributed by atoms with Gasteiger partial charge in [0.25, 0.3) is 0 Å². The number of para-hydroxylation sites is 1. The molecule has 20 heavy (non-hydrogen) atoms. The zero-order chi connectivity index (χ0) is 14.4. The maximum atomic E-state index is 13.7. The largest absolute Gasteiger partial charge is 0.496 e. The lowest BCUT2D eigenvalue weighted by Crippen LogP contribution is -2.14. The summed E-state index contributed by atoms with van der Waals surface area (Å²) in [6, 6.07) is 14.1. The van der Waals surface area contributed by atoms with E-state index in [1.54, 1.807) is 19.2 Å². The fourth-order valence-electron chi connectivity index (χ4n) is 1.94. The Morgan fingerprint density at radius 1 is 1.15 bits per heavy atom. The number of halogens is 1. The highest BCUT2D eigenvalue weighted by Gasteiger charge is 2.05. The van der Waals surface area contributed by atoms with Crippen LogP contribution in [0.4, 0.5) is 4.39 Å². The van der Waals surface area contributed by atoms with Crippen molar-refractivity contribution >= 4 is 0 Å². The van der Waals surface area contributed by atoms with Crippen LogP contribution in [-0.2, 0) is 13.1 Å². The van der Waals surface area contributed by atoms with E-state index in [4.69, 9.17) is 10.00 Å². The van der Waals surface area contributed by atoms with Crippen molar-refractivity contribution in [2.45, 2.75) is 13.1 Å². The Hall–Kier alpha value is -2.38. The average molecular weight is 270 g/mol. The topological polar surface area (TPSA) is 45.0 Å². The number of rotatable bonds is 5. The molecule has 4 heteroatoms. The van der Waals surface area contributed by atoms with Crippen LogP contribution in [0, 0.1) is 17.1 Å².